The van der Waals surface area contributed by atoms with E-state index in [0.29, 0.717) is 24.8 Å². The van der Waals surface area contributed by atoms with E-state index in [9.17, 15) is 34.1 Å². The van der Waals surface area contributed by atoms with E-state index in [1.807, 2.05) is 0 Å². The van der Waals surface area contributed by atoms with Crippen LogP contribution in [0.25, 0.3) is 0 Å². The number of carbonyl (C=O) groups is 5. The van der Waals surface area contributed by atoms with Crippen molar-refractivity contribution in [1.29, 1.82) is 0 Å². The van der Waals surface area contributed by atoms with Gasteiger partial charge >= 0.3 is 5.88 Å². The molecule has 210 valence electrons. The van der Waals surface area contributed by atoms with Crippen molar-refractivity contribution in [3.8, 4) is 5.75 Å². The quantitative estimate of drug-likeness (QED) is 0.108. The molecule has 1 aromatic carbocycles. The summed E-state index contributed by atoms with van der Waals surface area (Å²) in [5, 5.41) is 16.0. The number of nitrogens with one attached hydrogen (secondary N) is 2. The van der Waals surface area contributed by atoms with Crippen LogP contribution < -0.4 is 15.4 Å². The van der Waals surface area contributed by atoms with Crippen molar-refractivity contribution in [2.24, 2.45) is 0 Å². The average molecular weight is 554 g/mol. The van der Waals surface area contributed by atoms with Gasteiger partial charge in [0.25, 0.3) is 11.8 Å². The second-order valence-corrected chi connectivity index (χ2v) is 8.69. The summed E-state index contributed by atoms with van der Waals surface area (Å²) in [6, 6.07) is 7.27. The number of unbranched alkanes of at least 4 members (excludes halogenated alkanes) is 2. The minimum atomic E-state index is -0.677. The van der Waals surface area contributed by atoms with Gasteiger partial charge in [0.2, 0.25) is 25.5 Å². The molecular formula is C25H27BN4O10. The Bertz CT molecular complexity index is 1300. The first-order valence-electron chi connectivity index (χ1n) is 12.3. The average Bonchev–Trinajstić information content (AvgIpc) is 3.52. The number of hydrogen-bond donors (Lipinski definition) is 2. The zero-order chi connectivity index (χ0) is 29.1. The molecule has 0 saturated carbocycles. The third-order valence-corrected chi connectivity index (χ3v) is 5.59. The highest BCUT2D eigenvalue weighted by atomic mass is 16.6. The summed E-state index contributed by atoms with van der Waals surface area (Å²) in [5.41, 5.74) is 0.786. The lowest BCUT2D eigenvalue weighted by molar-refractivity contribution is -0.402. The number of imide groups is 1. The van der Waals surface area contributed by atoms with E-state index in [2.05, 4.69) is 10.6 Å². The predicted octanol–water partition coefficient (Wildman–Crippen LogP) is 1.58. The van der Waals surface area contributed by atoms with Gasteiger partial charge in [0, 0.05) is 25.1 Å². The zero-order valence-corrected chi connectivity index (χ0v) is 21.7. The van der Waals surface area contributed by atoms with Crippen LogP contribution in [0.3, 0.4) is 0 Å². The highest BCUT2D eigenvalue weighted by Gasteiger charge is 2.22. The summed E-state index contributed by atoms with van der Waals surface area (Å²) in [6.07, 6.45) is 4.29. The van der Waals surface area contributed by atoms with Gasteiger partial charge < -0.3 is 24.5 Å². The van der Waals surface area contributed by atoms with Crippen molar-refractivity contribution in [2.75, 3.05) is 18.4 Å². The number of rotatable bonds is 15. The molecule has 40 heavy (non-hydrogen) atoms. The van der Waals surface area contributed by atoms with E-state index >= 15 is 0 Å². The van der Waals surface area contributed by atoms with Crippen molar-refractivity contribution < 1.29 is 42.8 Å². The summed E-state index contributed by atoms with van der Waals surface area (Å²) in [6.45, 7) is -0.241. The van der Waals surface area contributed by atoms with Gasteiger partial charge in [0.05, 0.1) is 18.3 Å². The first kappa shape index (κ1) is 29.6. The van der Waals surface area contributed by atoms with Gasteiger partial charge in [-0.25, -0.2) is 0 Å². The van der Waals surface area contributed by atoms with E-state index < -0.39 is 22.6 Å². The second kappa shape index (κ2) is 14.3. The number of nitro groups is 1. The number of anilines is 1. The predicted molar refractivity (Wildman–Crippen MR) is 141 cm³/mol. The molecule has 3 rings (SSSR count). The Morgan fingerprint density at radius 1 is 1.00 bits per heavy atom. The fraction of sp³-hybridized carbons (Fsp3) is 0.320. The number of hydrogen-bond acceptors (Lipinski definition) is 10. The molecule has 2 aromatic rings. The van der Waals surface area contributed by atoms with E-state index in [-0.39, 0.29) is 67.6 Å². The topological polar surface area (TPSA) is 187 Å². The van der Waals surface area contributed by atoms with Crippen molar-refractivity contribution >= 4 is 48.9 Å². The minimum absolute atomic E-state index is 0.0454. The van der Waals surface area contributed by atoms with Gasteiger partial charge in [-0.2, -0.15) is 0 Å². The van der Waals surface area contributed by atoms with E-state index in [1.165, 1.54) is 44.3 Å². The van der Waals surface area contributed by atoms with E-state index in [0.717, 1.165) is 4.90 Å². The molecule has 0 fully saturated rings. The molecule has 0 aliphatic carbocycles. The fourth-order valence-electron chi connectivity index (χ4n) is 3.61. The van der Waals surface area contributed by atoms with Crippen LogP contribution >= 0.6 is 0 Å². The van der Waals surface area contributed by atoms with Gasteiger partial charge in [-0.1, -0.05) is 12.5 Å². The lowest BCUT2D eigenvalue weighted by atomic mass is 10.1. The fourth-order valence-corrected chi connectivity index (χ4v) is 3.61. The molecule has 1 aliphatic rings. The van der Waals surface area contributed by atoms with Crippen LogP contribution in [-0.4, -0.2) is 60.3 Å². The van der Waals surface area contributed by atoms with Gasteiger partial charge in [-0.15, -0.1) is 0 Å². The largest absolute Gasteiger partial charge is 0.483 e. The third-order valence-electron chi connectivity index (χ3n) is 5.59. The van der Waals surface area contributed by atoms with Crippen LogP contribution in [-0.2, 0) is 37.1 Å². The number of amides is 4. The first-order valence-corrected chi connectivity index (χ1v) is 12.3. The first-order chi connectivity index (χ1) is 19.1. The molecule has 0 unspecified atom stereocenters. The summed E-state index contributed by atoms with van der Waals surface area (Å²) in [5.74, 6) is -2.09. The Balaban J connectivity index is 1.48. The van der Waals surface area contributed by atoms with Gasteiger partial charge in [0.1, 0.15) is 29.6 Å². The summed E-state index contributed by atoms with van der Waals surface area (Å²) in [7, 11) is 1.26. The van der Waals surface area contributed by atoms with Gasteiger partial charge in [0.15, 0.2) is 0 Å². The molecule has 2 N–H and O–H groups in total. The molecule has 2 heterocycles. The molecule has 4 amide bonds. The van der Waals surface area contributed by atoms with Crippen molar-refractivity contribution in [3.63, 3.8) is 0 Å². The molecule has 15 heteroatoms. The standard InChI is InChI=1S/C25H27BN4O10/c26-25(35)39-14-16-5-7-19(38-15-17-6-10-24(40-17)30(36)37)18(12-16)28-21(32)13-27-20(31)4-2-1-3-11-29-22(33)8-9-23(29)34/h5-10,12H,1-4,11,13-15,26H2,(H,27,31)(H,28,32). The minimum Gasteiger partial charge on any atom is -0.483 e. The second-order valence-electron chi connectivity index (χ2n) is 8.69. The van der Waals surface area contributed by atoms with E-state index in [4.69, 9.17) is 13.9 Å². The molecule has 0 saturated heterocycles. The Morgan fingerprint density at radius 2 is 1.75 bits per heavy atom. The third kappa shape index (κ3) is 9.11. The monoisotopic (exact) mass is 554 g/mol. The van der Waals surface area contributed by atoms with Gasteiger partial charge in [-0.3, -0.25) is 39.0 Å². The maximum absolute atomic E-state index is 12.5. The van der Waals surface area contributed by atoms with Crippen LogP contribution in [0.1, 0.15) is 37.0 Å². The van der Waals surface area contributed by atoms with Crippen LogP contribution in [0.2, 0.25) is 0 Å². The zero-order valence-electron chi connectivity index (χ0n) is 21.7. The maximum atomic E-state index is 12.5. The molecule has 14 nitrogen and oxygen atoms in total. The van der Waals surface area contributed by atoms with Crippen LogP contribution in [0.15, 0.2) is 46.9 Å². The van der Waals surface area contributed by atoms with E-state index in [1.54, 1.807) is 6.07 Å². The summed E-state index contributed by atoms with van der Waals surface area (Å²) < 4.78 is 15.7. The van der Waals surface area contributed by atoms with Crippen molar-refractivity contribution in [2.45, 2.75) is 38.9 Å². The maximum Gasteiger partial charge on any atom is 0.433 e. The van der Waals surface area contributed by atoms with Gasteiger partial charge in [-0.05, 0) is 36.6 Å². The molecule has 0 atom stereocenters. The number of furan rings is 1. The van der Waals surface area contributed by atoms with Crippen molar-refractivity contribution in [1.82, 2.24) is 10.2 Å². The Labute approximate surface area is 229 Å². The molecule has 0 radical (unpaired) electrons. The number of carbonyl (C=O) groups excluding carboxylic acids is 5. The normalized spacial score (nSPS) is 12.3. The molecule has 1 aliphatic heterocycles. The molecule has 0 bridgehead atoms. The summed E-state index contributed by atoms with van der Waals surface area (Å²) >= 11 is 0. The van der Waals surface area contributed by atoms with Crippen LogP contribution in [0, 0.1) is 10.1 Å². The smallest absolute Gasteiger partial charge is 0.433 e. The highest BCUT2D eigenvalue weighted by Crippen LogP contribution is 2.28. The Kier molecular flexibility index (Phi) is 10.6. The van der Waals surface area contributed by atoms with Crippen LogP contribution in [0.4, 0.5) is 16.4 Å². The summed E-state index contributed by atoms with van der Waals surface area (Å²) in [4.78, 5) is 70.2. The van der Waals surface area contributed by atoms with Crippen LogP contribution in [0.5, 0.6) is 5.75 Å². The number of benzene rings is 1. The number of ether oxygens (including phenoxy) is 2. The lowest BCUT2D eigenvalue weighted by Gasteiger charge is -2.14. The molecule has 0 spiro atoms. The van der Waals surface area contributed by atoms with Crippen molar-refractivity contribution in [3.05, 3.63) is 63.9 Å². The number of nitrogens with zero attached hydrogens (tertiary/aromatic N) is 2. The SMILES string of the molecule is BC(=O)OCc1ccc(OCc2ccc([N+](=O)[O-])o2)c(NC(=O)CNC(=O)CCCCCN2C(=O)C=CC2=O)c1. The Hall–Kier alpha value is -4.95. The molecule has 1 aromatic heterocycles. The highest BCUT2D eigenvalue weighted by molar-refractivity contribution is 6.55. The molecular weight excluding hydrogens is 527 g/mol. The lowest BCUT2D eigenvalue weighted by Crippen LogP contribution is -2.33. The Morgan fingerprint density at radius 3 is 2.42 bits per heavy atom.